The van der Waals surface area contributed by atoms with Gasteiger partial charge in [0.25, 0.3) is 5.91 Å². The monoisotopic (exact) mass is 576 g/mol. The molecule has 2 aliphatic heterocycles. The standard InChI is InChI=1S/C31H34F2N6O3/c1-20(40)29(41)39-16-12-28(31(32,33)19-39)42-27-8-5-23(17-24(27)18-34)26-9-13-35-30(37-26)36-25-6-3-21(4-7-25)22-10-14-38(2)15-11-22/h3-9,13,17,20,22,28,40H,10-12,14-16,19H2,1-2H3,(H,35,36,37). The van der Waals surface area contributed by atoms with Gasteiger partial charge in [0.05, 0.1) is 17.8 Å². The molecule has 0 aliphatic carbocycles. The summed E-state index contributed by atoms with van der Waals surface area (Å²) in [6.07, 6.45) is 0.886. The molecule has 0 radical (unpaired) electrons. The molecule has 5 rings (SSSR count). The Morgan fingerprint density at radius 2 is 1.88 bits per heavy atom. The van der Waals surface area contributed by atoms with E-state index in [2.05, 4.69) is 39.4 Å². The molecule has 2 unspecified atom stereocenters. The lowest BCUT2D eigenvalue weighted by Gasteiger charge is -2.38. The number of nitrogens with zero attached hydrogens (tertiary/aromatic N) is 5. The second-order valence-electron chi connectivity index (χ2n) is 11.0. The number of nitrogens with one attached hydrogen (secondary N) is 1. The van der Waals surface area contributed by atoms with E-state index >= 15 is 0 Å². The third-order valence-corrected chi connectivity index (χ3v) is 7.88. The largest absolute Gasteiger partial charge is 0.483 e. The number of nitriles is 1. The van der Waals surface area contributed by atoms with Crippen molar-refractivity contribution >= 4 is 17.5 Å². The highest BCUT2D eigenvalue weighted by Crippen LogP contribution is 2.34. The Hall–Kier alpha value is -4.14. The van der Waals surface area contributed by atoms with Crippen LogP contribution in [0.3, 0.4) is 0 Å². The molecular weight excluding hydrogens is 542 g/mol. The molecule has 42 heavy (non-hydrogen) atoms. The summed E-state index contributed by atoms with van der Waals surface area (Å²) < 4.78 is 35.3. The summed E-state index contributed by atoms with van der Waals surface area (Å²) in [5, 5.41) is 22.5. The first-order chi connectivity index (χ1) is 20.1. The minimum Gasteiger partial charge on any atom is -0.483 e. The zero-order chi connectivity index (χ0) is 29.9. The number of likely N-dealkylation sites (tertiary alicyclic amines) is 2. The number of amides is 1. The van der Waals surface area contributed by atoms with Gasteiger partial charge in [-0.25, -0.2) is 18.7 Å². The lowest BCUT2D eigenvalue weighted by molar-refractivity contribution is -0.165. The lowest BCUT2D eigenvalue weighted by atomic mass is 9.89. The van der Waals surface area contributed by atoms with Crippen molar-refractivity contribution in [2.75, 3.05) is 38.5 Å². The van der Waals surface area contributed by atoms with Gasteiger partial charge in [-0.3, -0.25) is 4.79 Å². The molecule has 3 aromatic rings. The van der Waals surface area contributed by atoms with Gasteiger partial charge in [-0.2, -0.15) is 5.26 Å². The normalized spacial score (nSPS) is 20.0. The molecule has 11 heteroatoms. The number of alkyl halides is 2. The van der Waals surface area contributed by atoms with E-state index < -0.39 is 30.6 Å². The van der Waals surface area contributed by atoms with Gasteiger partial charge < -0.3 is 25.0 Å². The smallest absolute Gasteiger partial charge is 0.301 e. The maximum atomic E-state index is 14.9. The van der Waals surface area contributed by atoms with E-state index in [0.29, 0.717) is 23.1 Å². The number of carbonyl (C=O) groups is 1. The van der Waals surface area contributed by atoms with Gasteiger partial charge in [0, 0.05) is 30.4 Å². The van der Waals surface area contributed by atoms with E-state index in [0.717, 1.165) is 36.5 Å². The van der Waals surface area contributed by atoms with Crippen molar-refractivity contribution in [3.63, 3.8) is 0 Å². The Morgan fingerprint density at radius 3 is 2.55 bits per heavy atom. The highest BCUT2D eigenvalue weighted by molar-refractivity contribution is 5.80. The van der Waals surface area contributed by atoms with Crippen LogP contribution in [0.15, 0.2) is 54.7 Å². The second-order valence-corrected chi connectivity index (χ2v) is 11.0. The molecule has 220 valence electrons. The van der Waals surface area contributed by atoms with Gasteiger partial charge in [-0.05, 0) is 87.8 Å². The van der Waals surface area contributed by atoms with Crippen molar-refractivity contribution in [2.45, 2.75) is 50.2 Å². The Kier molecular flexibility index (Phi) is 8.66. The number of aliphatic hydroxyl groups excluding tert-OH is 1. The molecule has 0 saturated carbocycles. The molecule has 2 fully saturated rings. The summed E-state index contributed by atoms with van der Waals surface area (Å²) in [7, 11) is 2.15. The zero-order valence-corrected chi connectivity index (χ0v) is 23.6. The number of aliphatic hydroxyl groups is 1. The molecule has 2 N–H and O–H groups in total. The minimum atomic E-state index is -3.35. The van der Waals surface area contributed by atoms with E-state index in [-0.39, 0.29) is 24.3 Å². The van der Waals surface area contributed by atoms with Crippen molar-refractivity contribution in [2.24, 2.45) is 0 Å². The van der Waals surface area contributed by atoms with Crippen LogP contribution in [-0.4, -0.2) is 82.1 Å². The molecule has 9 nitrogen and oxygen atoms in total. The molecule has 0 spiro atoms. The SMILES string of the molecule is CC(O)C(=O)N1CCC(Oc2ccc(-c3ccnc(Nc4ccc(C5CCN(C)CC5)cc4)n3)cc2C#N)C(F)(F)C1. The topological polar surface area (TPSA) is 115 Å². The number of benzene rings is 2. The fourth-order valence-electron chi connectivity index (χ4n) is 5.44. The minimum absolute atomic E-state index is 0.0155. The maximum Gasteiger partial charge on any atom is 0.301 e. The van der Waals surface area contributed by atoms with Crippen molar-refractivity contribution in [1.82, 2.24) is 19.8 Å². The first-order valence-electron chi connectivity index (χ1n) is 14.1. The Labute approximate surface area is 243 Å². The summed E-state index contributed by atoms with van der Waals surface area (Å²) >= 11 is 0. The van der Waals surface area contributed by atoms with Gasteiger partial charge in [-0.15, -0.1) is 0 Å². The van der Waals surface area contributed by atoms with Crippen molar-refractivity contribution in [3.8, 4) is 23.1 Å². The van der Waals surface area contributed by atoms with Crippen LogP contribution in [0.1, 0.15) is 43.2 Å². The fourth-order valence-corrected chi connectivity index (χ4v) is 5.44. The van der Waals surface area contributed by atoms with Crippen LogP contribution in [-0.2, 0) is 4.79 Å². The number of rotatable bonds is 7. The first-order valence-corrected chi connectivity index (χ1v) is 14.1. The fraction of sp³-hybridized carbons (Fsp3) is 0.419. The molecule has 2 aromatic carbocycles. The number of carbonyl (C=O) groups excluding carboxylic acids is 1. The zero-order valence-electron chi connectivity index (χ0n) is 23.6. The van der Waals surface area contributed by atoms with Crippen molar-refractivity contribution in [1.29, 1.82) is 5.26 Å². The highest BCUT2D eigenvalue weighted by atomic mass is 19.3. The van der Waals surface area contributed by atoms with Gasteiger partial charge >= 0.3 is 5.92 Å². The van der Waals surface area contributed by atoms with Crippen LogP contribution in [0.5, 0.6) is 5.75 Å². The number of ether oxygens (including phenoxy) is 1. The lowest BCUT2D eigenvalue weighted by Crippen LogP contribution is -2.56. The molecular formula is C31H34F2N6O3. The van der Waals surface area contributed by atoms with Gasteiger partial charge in [0.1, 0.15) is 17.9 Å². The van der Waals surface area contributed by atoms with E-state index in [9.17, 15) is 23.9 Å². The quantitative estimate of drug-likeness (QED) is 0.421. The van der Waals surface area contributed by atoms with Crippen LogP contribution in [0, 0.1) is 11.3 Å². The average Bonchev–Trinajstić information content (AvgIpc) is 2.98. The third-order valence-electron chi connectivity index (χ3n) is 7.88. The van der Waals surface area contributed by atoms with Crippen LogP contribution in [0.2, 0.25) is 0 Å². The maximum absolute atomic E-state index is 14.9. The van der Waals surface area contributed by atoms with Crippen molar-refractivity contribution in [3.05, 3.63) is 65.9 Å². The summed E-state index contributed by atoms with van der Waals surface area (Å²) in [5.41, 5.74) is 3.42. The van der Waals surface area contributed by atoms with Gasteiger partial charge in [0.2, 0.25) is 5.95 Å². The average molecular weight is 577 g/mol. The summed E-state index contributed by atoms with van der Waals surface area (Å²) in [6.45, 7) is 2.60. The van der Waals surface area contributed by atoms with Crippen LogP contribution >= 0.6 is 0 Å². The second kappa shape index (κ2) is 12.4. The molecule has 2 saturated heterocycles. The molecule has 1 aromatic heterocycles. The molecule has 2 aliphatic rings. The number of hydrogen-bond donors (Lipinski definition) is 2. The Bertz CT molecular complexity index is 1450. The number of aromatic nitrogens is 2. The summed E-state index contributed by atoms with van der Waals surface area (Å²) in [5.74, 6) is -3.13. The highest BCUT2D eigenvalue weighted by Gasteiger charge is 2.48. The van der Waals surface area contributed by atoms with Crippen LogP contribution in [0.25, 0.3) is 11.3 Å². The number of halogens is 2. The Morgan fingerprint density at radius 1 is 1.14 bits per heavy atom. The van der Waals surface area contributed by atoms with E-state index in [1.807, 2.05) is 18.2 Å². The number of anilines is 2. The van der Waals surface area contributed by atoms with E-state index in [1.165, 1.54) is 18.6 Å². The number of hydrogen-bond acceptors (Lipinski definition) is 8. The van der Waals surface area contributed by atoms with E-state index in [4.69, 9.17) is 4.74 Å². The van der Waals surface area contributed by atoms with Crippen LogP contribution < -0.4 is 10.1 Å². The van der Waals surface area contributed by atoms with Gasteiger partial charge in [0.15, 0.2) is 6.10 Å². The predicted octanol–water partition coefficient (Wildman–Crippen LogP) is 4.56. The molecule has 1 amide bonds. The Balaban J connectivity index is 1.26. The van der Waals surface area contributed by atoms with Crippen LogP contribution in [0.4, 0.5) is 20.4 Å². The van der Waals surface area contributed by atoms with Gasteiger partial charge in [-0.1, -0.05) is 12.1 Å². The summed E-state index contributed by atoms with van der Waals surface area (Å²) in [4.78, 5) is 24.2. The predicted molar refractivity (Wildman–Crippen MR) is 154 cm³/mol. The molecule has 2 atom stereocenters. The number of piperidine rings is 2. The summed E-state index contributed by atoms with van der Waals surface area (Å²) in [6, 6.07) is 16.7. The third kappa shape index (κ3) is 6.66. The van der Waals surface area contributed by atoms with Crippen molar-refractivity contribution < 1.29 is 23.4 Å². The molecule has 0 bridgehead atoms. The molecule has 3 heterocycles. The first kappa shape index (κ1) is 29.4. The van der Waals surface area contributed by atoms with E-state index in [1.54, 1.807) is 24.4 Å².